The first-order valence-electron chi connectivity index (χ1n) is 14.7. The minimum absolute atomic E-state index is 0.0886. The van der Waals surface area contributed by atoms with Crippen molar-refractivity contribution >= 4 is 13.8 Å². The highest BCUT2D eigenvalue weighted by atomic mass is 31.2. The van der Waals surface area contributed by atoms with Crippen LogP contribution in [0, 0.1) is 0 Å². The Morgan fingerprint density at radius 3 is 1.62 bits per heavy atom. The van der Waals surface area contributed by atoms with Crippen LogP contribution in [-0.4, -0.2) is 75.6 Å². The summed E-state index contributed by atoms with van der Waals surface area (Å²) in [5, 5.41) is 0. The first-order valence-corrected chi connectivity index (χ1v) is 16.2. The highest BCUT2D eigenvalue weighted by Gasteiger charge is 2.25. The number of phosphoric acid groups is 1. The van der Waals surface area contributed by atoms with Crippen LogP contribution in [0.2, 0.25) is 0 Å². The number of nitrogens with zero attached hydrogens (tertiary/aromatic N) is 1. The van der Waals surface area contributed by atoms with Gasteiger partial charge in [0, 0.05) is 13.5 Å². The molecule has 0 aliphatic heterocycles. The van der Waals surface area contributed by atoms with Crippen molar-refractivity contribution in [3.63, 3.8) is 0 Å². The summed E-state index contributed by atoms with van der Waals surface area (Å²) >= 11 is 0. The van der Waals surface area contributed by atoms with Crippen LogP contribution in [0.3, 0.4) is 0 Å². The molecule has 0 spiro atoms. The van der Waals surface area contributed by atoms with E-state index in [2.05, 4.69) is 6.92 Å². The lowest BCUT2D eigenvalue weighted by Crippen LogP contribution is -2.37. The second-order valence-electron chi connectivity index (χ2n) is 11.2. The molecule has 0 saturated heterocycles. The predicted octanol–water partition coefficient (Wildman–Crippen LogP) is 7.04. The summed E-state index contributed by atoms with van der Waals surface area (Å²) in [5.41, 5.74) is 0. The molecule has 0 aliphatic carbocycles. The van der Waals surface area contributed by atoms with Crippen molar-refractivity contribution in [1.29, 1.82) is 0 Å². The number of rotatable bonds is 27. The lowest BCUT2D eigenvalue weighted by atomic mass is 10.0. The van der Waals surface area contributed by atoms with E-state index in [1.165, 1.54) is 96.8 Å². The minimum atomic E-state index is -4.21. The molecule has 0 amide bonds. The number of carbonyl (C=O) groups excluding carboxylic acids is 1. The van der Waals surface area contributed by atoms with Gasteiger partial charge in [-0.3, -0.25) is 13.8 Å². The van der Waals surface area contributed by atoms with Crippen LogP contribution < -0.4 is 0 Å². The molecule has 0 aromatic carbocycles. The maximum atomic E-state index is 12.1. The molecule has 0 rings (SSSR count). The zero-order valence-corrected chi connectivity index (χ0v) is 25.6. The molecule has 0 aromatic rings. The number of phosphoric ester groups is 1. The van der Waals surface area contributed by atoms with Gasteiger partial charge in [0.15, 0.2) is 0 Å². The summed E-state index contributed by atoms with van der Waals surface area (Å²) in [6, 6.07) is 0. The lowest BCUT2D eigenvalue weighted by molar-refractivity contribution is -0.870. The van der Waals surface area contributed by atoms with Gasteiger partial charge in [-0.05, 0) is 6.42 Å². The largest absolute Gasteiger partial charge is 0.472 e. The summed E-state index contributed by atoms with van der Waals surface area (Å²) in [6.45, 7) is 4.64. The number of esters is 1. The van der Waals surface area contributed by atoms with E-state index in [4.69, 9.17) is 18.5 Å². The number of carbonyl (C=O) groups is 1. The molecule has 1 N–H and O–H groups in total. The topological polar surface area (TPSA) is 91.3 Å². The fraction of sp³-hybridized carbons (Fsp3) is 0.964. The van der Waals surface area contributed by atoms with E-state index in [9.17, 15) is 14.3 Å². The monoisotopic (exact) mass is 552 g/mol. The third-order valence-corrected chi connectivity index (χ3v) is 7.20. The van der Waals surface area contributed by atoms with Crippen molar-refractivity contribution in [2.24, 2.45) is 0 Å². The average Bonchev–Trinajstić information content (AvgIpc) is 2.80. The fourth-order valence-electron chi connectivity index (χ4n) is 3.96. The Labute approximate surface area is 228 Å². The zero-order chi connectivity index (χ0) is 27.8. The second kappa shape index (κ2) is 23.4. The maximum absolute atomic E-state index is 12.1. The third-order valence-electron chi connectivity index (χ3n) is 6.22. The van der Waals surface area contributed by atoms with Crippen molar-refractivity contribution < 1.29 is 37.3 Å². The van der Waals surface area contributed by atoms with E-state index in [-0.39, 0.29) is 19.8 Å². The summed E-state index contributed by atoms with van der Waals surface area (Å²) < 4.78 is 33.5. The highest BCUT2D eigenvalue weighted by molar-refractivity contribution is 7.47. The second-order valence-corrected chi connectivity index (χ2v) is 12.7. The fourth-order valence-corrected chi connectivity index (χ4v) is 4.70. The van der Waals surface area contributed by atoms with E-state index in [0.29, 0.717) is 17.6 Å². The molecule has 0 fully saturated rings. The standard InChI is InChI=1S/C28H58NO7P/c1-6-7-8-9-10-11-12-13-14-15-16-17-18-19-20-21-23-33-25-28(36-27(2)30)26-35-37(31,32)34-24-22-29(3,4)5/h28H,6-26H2,1-5H3/p+1/t28-/m1/s1. The summed E-state index contributed by atoms with van der Waals surface area (Å²) in [5.74, 6) is -0.488. The Bertz CT molecular complexity index is 583. The molecule has 0 radical (unpaired) electrons. The van der Waals surface area contributed by atoms with Crippen LogP contribution in [-0.2, 0) is 27.9 Å². The van der Waals surface area contributed by atoms with Crippen LogP contribution in [0.15, 0.2) is 0 Å². The summed E-state index contributed by atoms with van der Waals surface area (Å²) in [7, 11) is 1.66. The number of hydrogen-bond donors (Lipinski definition) is 1. The average molecular weight is 553 g/mol. The molecule has 2 atom stereocenters. The number of ether oxygens (including phenoxy) is 2. The van der Waals surface area contributed by atoms with Gasteiger partial charge in [-0.1, -0.05) is 103 Å². The van der Waals surface area contributed by atoms with Gasteiger partial charge in [-0.15, -0.1) is 0 Å². The van der Waals surface area contributed by atoms with Crippen molar-refractivity contribution in [2.75, 3.05) is 54.1 Å². The van der Waals surface area contributed by atoms with Crippen molar-refractivity contribution in [3.8, 4) is 0 Å². The van der Waals surface area contributed by atoms with Gasteiger partial charge in [-0.25, -0.2) is 4.57 Å². The van der Waals surface area contributed by atoms with Crippen LogP contribution in [0.25, 0.3) is 0 Å². The predicted molar refractivity (Wildman–Crippen MR) is 151 cm³/mol. The molecule has 9 heteroatoms. The lowest BCUT2D eigenvalue weighted by Gasteiger charge is -2.24. The van der Waals surface area contributed by atoms with Gasteiger partial charge in [-0.2, -0.15) is 0 Å². The molecule has 0 heterocycles. The molecule has 0 saturated carbocycles. The quantitative estimate of drug-likeness (QED) is 0.0506. The Balaban J connectivity index is 3.71. The Hall–Kier alpha value is -0.500. The first-order chi connectivity index (χ1) is 17.6. The first kappa shape index (κ1) is 36.5. The molecule has 8 nitrogen and oxygen atoms in total. The number of unbranched alkanes of at least 4 members (excludes halogenated alkanes) is 15. The van der Waals surface area contributed by atoms with Crippen LogP contribution in [0.4, 0.5) is 0 Å². The molecule has 0 aromatic heterocycles. The van der Waals surface area contributed by atoms with Crippen LogP contribution in [0.5, 0.6) is 0 Å². The van der Waals surface area contributed by atoms with Gasteiger partial charge in [0.25, 0.3) is 0 Å². The Kier molecular flexibility index (Phi) is 23.1. The van der Waals surface area contributed by atoms with Gasteiger partial charge < -0.3 is 18.9 Å². The van der Waals surface area contributed by atoms with E-state index < -0.39 is 19.9 Å². The van der Waals surface area contributed by atoms with E-state index in [1.54, 1.807) is 0 Å². The normalized spacial score (nSPS) is 14.4. The van der Waals surface area contributed by atoms with Gasteiger partial charge >= 0.3 is 13.8 Å². The van der Waals surface area contributed by atoms with Crippen LogP contribution >= 0.6 is 7.82 Å². The van der Waals surface area contributed by atoms with E-state index in [1.807, 2.05) is 21.1 Å². The van der Waals surface area contributed by atoms with E-state index in [0.717, 1.165) is 12.8 Å². The molecule has 0 bridgehead atoms. The van der Waals surface area contributed by atoms with Crippen molar-refractivity contribution in [2.45, 2.75) is 123 Å². The van der Waals surface area contributed by atoms with Crippen molar-refractivity contribution in [1.82, 2.24) is 0 Å². The molecule has 222 valence electrons. The molecular formula is C28H59NO7P+. The van der Waals surface area contributed by atoms with Gasteiger partial charge in [0.1, 0.15) is 19.3 Å². The van der Waals surface area contributed by atoms with E-state index >= 15 is 0 Å². The van der Waals surface area contributed by atoms with Crippen LogP contribution in [0.1, 0.15) is 117 Å². The maximum Gasteiger partial charge on any atom is 0.472 e. The SMILES string of the molecule is CCCCCCCCCCCCCCCCCCOC[C@H](COP(=O)(O)OCC[N+](C)(C)C)OC(C)=O. The smallest absolute Gasteiger partial charge is 0.458 e. The molecule has 0 aliphatic rings. The number of likely N-dealkylation sites (N-methyl/N-ethyl adjacent to an activating group) is 1. The number of hydrogen-bond acceptors (Lipinski definition) is 6. The number of quaternary nitrogens is 1. The Morgan fingerprint density at radius 1 is 0.730 bits per heavy atom. The van der Waals surface area contributed by atoms with Gasteiger partial charge in [0.05, 0.1) is 34.4 Å². The Morgan fingerprint density at radius 2 is 1.19 bits per heavy atom. The third kappa shape index (κ3) is 28.3. The molecule has 1 unspecified atom stereocenters. The highest BCUT2D eigenvalue weighted by Crippen LogP contribution is 2.43. The molecular weight excluding hydrogens is 493 g/mol. The minimum Gasteiger partial charge on any atom is -0.458 e. The summed E-state index contributed by atoms with van der Waals surface area (Å²) in [4.78, 5) is 21.2. The zero-order valence-electron chi connectivity index (χ0n) is 24.7. The van der Waals surface area contributed by atoms with Crippen molar-refractivity contribution in [3.05, 3.63) is 0 Å². The summed E-state index contributed by atoms with van der Waals surface area (Å²) in [6.07, 6.45) is 20.3. The van der Waals surface area contributed by atoms with Gasteiger partial charge in [0.2, 0.25) is 0 Å². The molecule has 37 heavy (non-hydrogen) atoms.